The second kappa shape index (κ2) is 12.5. The lowest BCUT2D eigenvalue weighted by Gasteiger charge is -2.23. The Hall–Kier alpha value is -5.37. The Morgan fingerprint density at radius 1 is 0.886 bits per heavy atom. The molecule has 4 aromatic carbocycles. The van der Waals surface area contributed by atoms with Crippen molar-refractivity contribution >= 4 is 34.0 Å². The van der Waals surface area contributed by atoms with E-state index in [1.807, 2.05) is 86.6 Å². The lowest BCUT2D eigenvalue weighted by Crippen LogP contribution is -2.23. The Kier molecular flexibility index (Phi) is 8.14. The molecule has 0 saturated carbocycles. The molecule has 7 rings (SSSR count). The van der Waals surface area contributed by atoms with Gasteiger partial charge in [0, 0.05) is 35.3 Å². The van der Waals surface area contributed by atoms with Crippen LogP contribution < -0.4 is 20.9 Å². The lowest BCUT2D eigenvalue weighted by molar-refractivity contribution is -0.119. The summed E-state index contributed by atoms with van der Waals surface area (Å²) in [5, 5.41) is 7.59. The molecule has 0 fully saturated rings. The number of aryl methyl sites for hydroxylation is 2. The number of carbonyl (C=O) groups is 2. The van der Waals surface area contributed by atoms with E-state index < -0.39 is 12.1 Å². The molecule has 2 aliphatic rings. The van der Waals surface area contributed by atoms with Gasteiger partial charge in [-0.3, -0.25) is 14.9 Å². The molecule has 0 spiro atoms. The minimum absolute atomic E-state index is 0.0252. The van der Waals surface area contributed by atoms with E-state index in [1.54, 1.807) is 24.4 Å². The first kappa shape index (κ1) is 28.7. The average Bonchev–Trinajstić information content (AvgIpc) is 3.02. The van der Waals surface area contributed by atoms with Crippen LogP contribution in [0.5, 0.6) is 11.5 Å². The van der Waals surface area contributed by atoms with Gasteiger partial charge in [0.2, 0.25) is 0 Å². The van der Waals surface area contributed by atoms with Gasteiger partial charge in [-0.05, 0) is 89.5 Å². The predicted octanol–water partition coefficient (Wildman–Crippen LogP) is 7.65. The van der Waals surface area contributed by atoms with Gasteiger partial charge in [-0.1, -0.05) is 49.4 Å². The van der Waals surface area contributed by atoms with Gasteiger partial charge in [-0.15, -0.1) is 0 Å². The molecule has 4 bridgehead atoms. The zero-order valence-electron chi connectivity index (χ0n) is 24.6. The zero-order valence-corrected chi connectivity index (χ0v) is 24.6. The van der Waals surface area contributed by atoms with Crippen molar-refractivity contribution in [2.75, 3.05) is 17.2 Å². The Morgan fingerprint density at radius 2 is 1.73 bits per heavy atom. The number of para-hydroxylation sites is 1. The number of ether oxygens (including phenoxy) is 2. The van der Waals surface area contributed by atoms with Crippen LogP contribution >= 0.6 is 0 Å². The summed E-state index contributed by atoms with van der Waals surface area (Å²) in [6, 6.07) is 27.4. The number of H-pyrrole nitrogens is 1. The highest BCUT2D eigenvalue weighted by molar-refractivity contribution is 5.90. The predicted molar refractivity (Wildman–Crippen MR) is 172 cm³/mol. The normalized spacial score (nSPS) is 17.1. The standard InChI is InChI=1S/C36H33N3O5/c1-22-18-26-9-13-30(22)23(2)21-43-36(42)39-27-12-15-33(44-29-6-4-3-5-7-29)25(19-27)10-14-32(40)34(26)38-28-11-8-24-16-17-37-35(41)31(24)20-28/h3-9,11-13,15-20,23,34,38H,10,14,21H2,1-2H3,(H,37,41)(H,39,42)/t23-,34+/m0/s1. The van der Waals surface area contributed by atoms with Crippen molar-refractivity contribution in [2.45, 2.75) is 38.6 Å². The Bertz CT molecular complexity index is 1900. The molecular formula is C36H33N3O5. The van der Waals surface area contributed by atoms with Gasteiger partial charge in [-0.2, -0.15) is 0 Å². The second-order valence-corrected chi connectivity index (χ2v) is 11.1. The van der Waals surface area contributed by atoms with Gasteiger partial charge in [0.05, 0.1) is 6.61 Å². The quantitative estimate of drug-likeness (QED) is 0.199. The van der Waals surface area contributed by atoms with Crippen LogP contribution in [0.25, 0.3) is 10.8 Å². The summed E-state index contributed by atoms with van der Waals surface area (Å²) < 4.78 is 11.7. The van der Waals surface area contributed by atoms with Gasteiger partial charge in [-0.25, -0.2) is 4.79 Å². The average molecular weight is 588 g/mol. The number of aromatic amines is 1. The number of hydrogen-bond acceptors (Lipinski definition) is 6. The monoisotopic (exact) mass is 587 g/mol. The van der Waals surface area contributed by atoms with Crippen molar-refractivity contribution in [1.29, 1.82) is 0 Å². The Morgan fingerprint density at radius 3 is 2.55 bits per heavy atom. The number of aromatic nitrogens is 1. The van der Waals surface area contributed by atoms with Crippen molar-refractivity contribution in [3.8, 4) is 11.5 Å². The number of benzene rings is 4. The molecule has 3 heterocycles. The maximum atomic E-state index is 14.1. The van der Waals surface area contributed by atoms with Crippen molar-refractivity contribution in [3.05, 3.63) is 130 Å². The van der Waals surface area contributed by atoms with E-state index in [9.17, 15) is 14.4 Å². The molecule has 2 atom stereocenters. The van der Waals surface area contributed by atoms with Gasteiger partial charge in [0.25, 0.3) is 5.56 Å². The Labute approximate surface area is 255 Å². The first-order valence-corrected chi connectivity index (χ1v) is 14.6. The summed E-state index contributed by atoms with van der Waals surface area (Å²) >= 11 is 0. The number of fused-ring (bicyclic) bond motifs is 10. The van der Waals surface area contributed by atoms with Gasteiger partial charge >= 0.3 is 6.09 Å². The van der Waals surface area contributed by atoms with E-state index in [0.29, 0.717) is 34.7 Å². The molecule has 0 saturated heterocycles. The summed E-state index contributed by atoms with van der Waals surface area (Å²) in [7, 11) is 0. The third-order valence-electron chi connectivity index (χ3n) is 7.95. The number of nitrogens with one attached hydrogen (secondary N) is 3. The smallest absolute Gasteiger partial charge is 0.411 e. The lowest BCUT2D eigenvalue weighted by atomic mass is 9.91. The summed E-state index contributed by atoms with van der Waals surface area (Å²) in [6.45, 7) is 4.19. The van der Waals surface area contributed by atoms with E-state index in [4.69, 9.17) is 9.47 Å². The van der Waals surface area contributed by atoms with Crippen LogP contribution in [0, 0.1) is 6.92 Å². The van der Waals surface area contributed by atoms with E-state index >= 15 is 0 Å². The molecule has 2 aliphatic heterocycles. The molecule has 1 amide bonds. The second-order valence-electron chi connectivity index (χ2n) is 11.1. The molecule has 44 heavy (non-hydrogen) atoms. The zero-order chi connectivity index (χ0) is 30.6. The molecule has 8 heteroatoms. The van der Waals surface area contributed by atoms with Crippen LogP contribution in [0.2, 0.25) is 0 Å². The third-order valence-corrected chi connectivity index (χ3v) is 7.95. The molecular weight excluding hydrogens is 554 g/mol. The highest BCUT2D eigenvalue weighted by atomic mass is 16.5. The van der Waals surface area contributed by atoms with Gasteiger partial charge in [0.15, 0.2) is 5.78 Å². The van der Waals surface area contributed by atoms with E-state index in [0.717, 1.165) is 27.6 Å². The Balaban J connectivity index is 1.38. The number of pyridine rings is 1. The summed E-state index contributed by atoms with van der Waals surface area (Å²) in [5.41, 5.74) is 4.63. The number of amides is 1. The SMILES string of the molecule is Cc1cc2ccc1[C@@H](C)COC(=O)Nc1ccc(Oc3ccccc3)c(c1)CCC(=O)[C@@H]2Nc1ccc2cc[nH]c(=O)c2c1. The molecule has 0 radical (unpaired) electrons. The van der Waals surface area contributed by atoms with Gasteiger partial charge < -0.3 is 19.8 Å². The fraction of sp³-hybridized carbons (Fsp3) is 0.194. The molecule has 0 unspecified atom stereocenters. The molecule has 1 aromatic heterocycles. The highest BCUT2D eigenvalue weighted by Crippen LogP contribution is 2.32. The van der Waals surface area contributed by atoms with Crippen LogP contribution in [0.4, 0.5) is 16.2 Å². The highest BCUT2D eigenvalue weighted by Gasteiger charge is 2.24. The summed E-state index contributed by atoms with van der Waals surface area (Å²) in [4.78, 5) is 41.9. The topological polar surface area (TPSA) is 110 Å². The van der Waals surface area contributed by atoms with Crippen LogP contribution in [0.3, 0.4) is 0 Å². The van der Waals surface area contributed by atoms with Crippen LogP contribution in [0.1, 0.15) is 47.6 Å². The van der Waals surface area contributed by atoms with Crippen molar-refractivity contribution in [3.63, 3.8) is 0 Å². The summed E-state index contributed by atoms with van der Waals surface area (Å²) in [5.74, 6) is 1.17. The first-order valence-electron chi connectivity index (χ1n) is 14.6. The number of carbonyl (C=O) groups excluding carboxylic acids is 2. The fourth-order valence-electron chi connectivity index (χ4n) is 5.63. The van der Waals surface area contributed by atoms with E-state index in [-0.39, 0.29) is 30.3 Å². The minimum atomic E-state index is -0.663. The van der Waals surface area contributed by atoms with Crippen LogP contribution in [-0.4, -0.2) is 23.5 Å². The van der Waals surface area contributed by atoms with Gasteiger partial charge in [0.1, 0.15) is 17.5 Å². The molecule has 5 aromatic rings. The van der Waals surface area contributed by atoms with Crippen molar-refractivity contribution in [1.82, 2.24) is 4.98 Å². The molecule has 8 nitrogen and oxygen atoms in total. The third kappa shape index (κ3) is 6.34. The molecule has 0 aliphatic carbocycles. The largest absolute Gasteiger partial charge is 0.457 e. The number of hydrogen-bond donors (Lipinski definition) is 3. The first-order chi connectivity index (χ1) is 21.3. The van der Waals surface area contributed by atoms with Crippen LogP contribution in [-0.2, 0) is 16.0 Å². The van der Waals surface area contributed by atoms with Crippen LogP contribution in [0.15, 0.2) is 102 Å². The summed E-state index contributed by atoms with van der Waals surface area (Å²) in [6.07, 6.45) is 1.64. The van der Waals surface area contributed by atoms with E-state index in [2.05, 4.69) is 15.6 Å². The maximum absolute atomic E-state index is 14.1. The number of rotatable bonds is 4. The van der Waals surface area contributed by atoms with E-state index in [1.165, 1.54) is 0 Å². The van der Waals surface area contributed by atoms with Crippen molar-refractivity contribution in [2.24, 2.45) is 0 Å². The fourth-order valence-corrected chi connectivity index (χ4v) is 5.63. The molecule has 3 N–H and O–H groups in total. The number of Topliss-reactive ketones (excluding diaryl/α,β-unsaturated/α-hetero) is 1. The number of ketones is 1. The minimum Gasteiger partial charge on any atom is -0.457 e. The molecule has 222 valence electrons. The number of anilines is 2. The maximum Gasteiger partial charge on any atom is 0.411 e. The van der Waals surface area contributed by atoms with Crippen molar-refractivity contribution < 1.29 is 19.1 Å².